The van der Waals surface area contributed by atoms with Crippen LogP contribution in [0.25, 0.3) is 16.8 Å². The number of fused-ring (bicyclic) bond motifs is 1. The fourth-order valence-corrected chi connectivity index (χ4v) is 3.61. The van der Waals surface area contributed by atoms with Crippen molar-refractivity contribution >= 4 is 5.65 Å². The summed E-state index contributed by atoms with van der Waals surface area (Å²) in [4.78, 5) is 7.01. The fourth-order valence-electron chi connectivity index (χ4n) is 3.61. The van der Waals surface area contributed by atoms with Gasteiger partial charge in [0.15, 0.2) is 5.65 Å². The van der Waals surface area contributed by atoms with E-state index in [1.54, 1.807) is 0 Å². The molecule has 1 aliphatic heterocycles. The maximum absolute atomic E-state index is 5.83. The number of aromatic nitrogens is 3. The van der Waals surface area contributed by atoms with Gasteiger partial charge in [0.2, 0.25) is 0 Å². The van der Waals surface area contributed by atoms with Crippen molar-refractivity contribution in [2.75, 3.05) is 20.2 Å². The van der Waals surface area contributed by atoms with Gasteiger partial charge in [0.1, 0.15) is 0 Å². The Bertz CT molecular complexity index is 840. The highest BCUT2D eigenvalue weighted by Crippen LogP contribution is 2.23. The molecule has 1 aromatic carbocycles. The third-order valence-corrected chi connectivity index (χ3v) is 5.05. The highest BCUT2D eigenvalue weighted by molar-refractivity contribution is 5.76. The molecule has 0 aliphatic carbocycles. The first-order valence-electron chi connectivity index (χ1n) is 9.47. The summed E-state index contributed by atoms with van der Waals surface area (Å²) in [5.74, 6) is 0. The number of hydrogen-bond acceptors (Lipinski definition) is 4. The van der Waals surface area contributed by atoms with Gasteiger partial charge in [-0.05, 0) is 38.3 Å². The van der Waals surface area contributed by atoms with E-state index in [9.17, 15) is 0 Å². The Morgan fingerprint density at radius 2 is 2.08 bits per heavy atom. The van der Waals surface area contributed by atoms with Crippen LogP contribution in [0.1, 0.15) is 31.2 Å². The van der Waals surface area contributed by atoms with Crippen molar-refractivity contribution in [2.45, 2.75) is 38.3 Å². The molecular formula is C21H26N4O. The third kappa shape index (κ3) is 3.94. The Morgan fingerprint density at radius 1 is 1.19 bits per heavy atom. The summed E-state index contributed by atoms with van der Waals surface area (Å²) in [6.45, 7) is 2.84. The average molecular weight is 350 g/mol. The van der Waals surface area contributed by atoms with Gasteiger partial charge in [0.25, 0.3) is 0 Å². The highest BCUT2D eigenvalue weighted by Gasteiger charge is 2.15. The van der Waals surface area contributed by atoms with Crippen LogP contribution in [0.15, 0.2) is 48.9 Å². The predicted octanol–water partition coefficient (Wildman–Crippen LogP) is 3.79. The van der Waals surface area contributed by atoms with Crippen LogP contribution >= 0.6 is 0 Å². The van der Waals surface area contributed by atoms with Gasteiger partial charge in [-0.2, -0.15) is 5.10 Å². The summed E-state index contributed by atoms with van der Waals surface area (Å²) in [6, 6.07) is 10.3. The van der Waals surface area contributed by atoms with Crippen LogP contribution in [0.5, 0.6) is 0 Å². The molecule has 5 nitrogen and oxygen atoms in total. The molecule has 1 fully saturated rings. The van der Waals surface area contributed by atoms with Crippen molar-refractivity contribution in [3.8, 4) is 11.1 Å². The molecule has 2 aromatic heterocycles. The van der Waals surface area contributed by atoms with Crippen LogP contribution in [-0.4, -0.2) is 45.8 Å². The van der Waals surface area contributed by atoms with E-state index in [-0.39, 0.29) is 0 Å². The van der Waals surface area contributed by atoms with Crippen LogP contribution < -0.4 is 0 Å². The Morgan fingerprint density at radius 3 is 2.88 bits per heavy atom. The van der Waals surface area contributed by atoms with Crippen LogP contribution in [-0.2, 0) is 11.3 Å². The maximum Gasteiger partial charge on any atom is 0.162 e. The third-order valence-electron chi connectivity index (χ3n) is 5.05. The van der Waals surface area contributed by atoms with E-state index in [2.05, 4.69) is 40.4 Å². The number of benzene rings is 1. The maximum atomic E-state index is 5.83. The fraction of sp³-hybridized carbons (Fsp3) is 0.429. The Kier molecular flexibility index (Phi) is 5.27. The second-order valence-corrected chi connectivity index (χ2v) is 7.17. The number of hydrogen-bond donors (Lipinski definition) is 0. The molecular weight excluding hydrogens is 324 g/mol. The van der Waals surface area contributed by atoms with E-state index in [1.165, 1.54) is 24.8 Å². The Hall–Kier alpha value is -2.24. The zero-order valence-electron chi connectivity index (χ0n) is 15.3. The lowest BCUT2D eigenvalue weighted by Gasteiger charge is -2.25. The topological polar surface area (TPSA) is 42.7 Å². The standard InChI is InChI=1S/C21H26N4O/c1-24(11-10-19-9-5-6-12-26-19)15-17-13-22-21-20(14-23-25(21)16-17)18-7-3-2-4-8-18/h2-4,7-8,13-14,16,19H,5-6,9-12,15H2,1H3. The molecule has 1 atom stereocenters. The molecule has 0 spiro atoms. The van der Waals surface area contributed by atoms with Crippen molar-refractivity contribution in [3.05, 3.63) is 54.5 Å². The molecule has 0 saturated carbocycles. The average Bonchev–Trinajstić information content (AvgIpc) is 3.11. The monoisotopic (exact) mass is 350 g/mol. The van der Waals surface area contributed by atoms with Gasteiger partial charge in [0, 0.05) is 43.2 Å². The molecule has 3 heterocycles. The van der Waals surface area contributed by atoms with E-state index < -0.39 is 0 Å². The molecule has 3 aromatic rings. The van der Waals surface area contributed by atoms with Crippen molar-refractivity contribution < 1.29 is 4.74 Å². The van der Waals surface area contributed by atoms with Gasteiger partial charge in [-0.25, -0.2) is 9.50 Å². The molecule has 4 rings (SSSR count). The van der Waals surface area contributed by atoms with Crippen molar-refractivity contribution in [1.82, 2.24) is 19.5 Å². The first kappa shape index (κ1) is 17.2. The minimum absolute atomic E-state index is 0.436. The molecule has 136 valence electrons. The summed E-state index contributed by atoms with van der Waals surface area (Å²) >= 11 is 0. The Labute approximate surface area is 154 Å². The van der Waals surface area contributed by atoms with Crippen LogP contribution in [0.2, 0.25) is 0 Å². The van der Waals surface area contributed by atoms with Crippen LogP contribution in [0.4, 0.5) is 0 Å². The smallest absolute Gasteiger partial charge is 0.162 e. The van der Waals surface area contributed by atoms with Crippen molar-refractivity contribution in [1.29, 1.82) is 0 Å². The number of rotatable bonds is 6. The zero-order valence-corrected chi connectivity index (χ0v) is 15.3. The summed E-state index contributed by atoms with van der Waals surface area (Å²) in [6.07, 6.45) is 11.2. The van der Waals surface area contributed by atoms with Gasteiger partial charge < -0.3 is 9.64 Å². The van der Waals surface area contributed by atoms with Crippen LogP contribution in [0, 0.1) is 0 Å². The lowest BCUT2D eigenvalue weighted by atomic mass is 10.1. The summed E-state index contributed by atoms with van der Waals surface area (Å²) < 4.78 is 7.71. The zero-order chi connectivity index (χ0) is 17.8. The van der Waals surface area contributed by atoms with E-state index in [0.717, 1.165) is 42.9 Å². The molecule has 5 heteroatoms. The van der Waals surface area contributed by atoms with Gasteiger partial charge in [-0.3, -0.25) is 0 Å². The summed E-state index contributed by atoms with van der Waals surface area (Å²) in [7, 11) is 2.16. The summed E-state index contributed by atoms with van der Waals surface area (Å²) in [5.41, 5.74) is 4.29. The molecule has 1 unspecified atom stereocenters. The molecule has 0 bridgehead atoms. The minimum Gasteiger partial charge on any atom is -0.378 e. The van der Waals surface area contributed by atoms with E-state index in [0.29, 0.717) is 6.10 Å². The number of nitrogens with zero attached hydrogens (tertiary/aromatic N) is 4. The second kappa shape index (κ2) is 7.98. The minimum atomic E-state index is 0.436. The lowest BCUT2D eigenvalue weighted by molar-refractivity contribution is 0.00640. The van der Waals surface area contributed by atoms with Gasteiger partial charge in [-0.1, -0.05) is 30.3 Å². The van der Waals surface area contributed by atoms with Gasteiger partial charge in [0.05, 0.1) is 12.3 Å². The van der Waals surface area contributed by atoms with Gasteiger partial charge >= 0.3 is 0 Å². The highest BCUT2D eigenvalue weighted by atomic mass is 16.5. The lowest BCUT2D eigenvalue weighted by Crippen LogP contribution is -2.26. The SMILES string of the molecule is CN(CCC1CCCCO1)Cc1cnc2c(-c3ccccc3)cnn2c1. The van der Waals surface area contributed by atoms with E-state index in [1.807, 2.05) is 35.1 Å². The predicted molar refractivity (Wildman–Crippen MR) is 103 cm³/mol. The molecule has 1 saturated heterocycles. The quantitative estimate of drug-likeness (QED) is 0.678. The normalized spacial score (nSPS) is 17.8. The van der Waals surface area contributed by atoms with Crippen molar-refractivity contribution in [3.63, 3.8) is 0 Å². The molecule has 26 heavy (non-hydrogen) atoms. The van der Waals surface area contributed by atoms with E-state index >= 15 is 0 Å². The molecule has 0 amide bonds. The molecule has 0 N–H and O–H groups in total. The van der Waals surface area contributed by atoms with Gasteiger partial charge in [-0.15, -0.1) is 0 Å². The first-order valence-corrected chi connectivity index (χ1v) is 9.47. The Balaban J connectivity index is 1.41. The first-order chi connectivity index (χ1) is 12.8. The summed E-state index contributed by atoms with van der Waals surface area (Å²) in [5, 5.41) is 4.50. The molecule has 0 radical (unpaired) electrons. The molecule has 1 aliphatic rings. The van der Waals surface area contributed by atoms with Crippen molar-refractivity contribution in [2.24, 2.45) is 0 Å². The van der Waals surface area contributed by atoms with E-state index in [4.69, 9.17) is 4.74 Å². The second-order valence-electron chi connectivity index (χ2n) is 7.17. The van der Waals surface area contributed by atoms with Crippen LogP contribution in [0.3, 0.4) is 0 Å². The number of ether oxygens (including phenoxy) is 1. The largest absolute Gasteiger partial charge is 0.378 e.